The Morgan fingerprint density at radius 2 is 0.739 bits per heavy atom. The van der Waals surface area contributed by atoms with Gasteiger partial charge in [0, 0.05) is 40.3 Å². The molecule has 0 saturated heterocycles. The van der Waals surface area contributed by atoms with Crippen LogP contribution in [0.4, 0.5) is 0 Å². The van der Waals surface area contributed by atoms with Crippen molar-refractivity contribution in [1.29, 1.82) is 0 Å². The summed E-state index contributed by atoms with van der Waals surface area (Å²) in [7, 11) is 0. The molecule has 2 heterocycles. The lowest BCUT2D eigenvalue weighted by Crippen LogP contribution is -1.89. The number of benzene rings is 8. The van der Waals surface area contributed by atoms with E-state index >= 15 is 0 Å². The van der Waals surface area contributed by atoms with Crippen molar-refractivity contribution in [2.75, 3.05) is 0 Å². The average Bonchev–Trinajstić information content (AvgIpc) is 3.67. The van der Waals surface area contributed by atoms with E-state index in [0.29, 0.717) is 0 Å². The molecule has 0 aliphatic heterocycles. The van der Waals surface area contributed by atoms with Crippen LogP contribution in [-0.2, 0) is 0 Å². The van der Waals surface area contributed by atoms with Crippen LogP contribution in [0.3, 0.4) is 0 Å². The lowest BCUT2D eigenvalue weighted by atomic mass is 9.88. The Morgan fingerprint density at radius 3 is 1.22 bits per heavy atom. The Morgan fingerprint density at radius 1 is 0.326 bits per heavy atom. The molecule has 0 bridgehead atoms. The Kier molecular flexibility index (Phi) is 5.55. The van der Waals surface area contributed by atoms with Crippen LogP contribution in [0.5, 0.6) is 0 Å². The van der Waals surface area contributed by atoms with E-state index in [4.69, 9.17) is 0 Å². The van der Waals surface area contributed by atoms with Crippen molar-refractivity contribution < 1.29 is 0 Å². The Balaban J connectivity index is 1.25. The molecule has 0 aliphatic rings. The topological polar surface area (TPSA) is 0 Å². The summed E-state index contributed by atoms with van der Waals surface area (Å²) < 4.78 is 5.41. The van der Waals surface area contributed by atoms with Gasteiger partial charge < -0.3 is 0 Å². The highest BCUT2D eigenvalue weighted by molar-refractivity contribution is 7.26. The van der Waals surface area contributed by atoms with E-state index in [1.807, 2.05) is 22.7 Å². The molecule has 10 aromatic rings. The molecule has 0 fully saturated rings. The van der Waals surface area contributed by atoms with Crippen LogP contribution in [-0.4, -0.2) is 0 Å². The van der Waals surface area contributed by atoms with Gasteiger partial charge in [0.2, 0.25) is 0 Å². The third-order valence-corrected chi connectivity index (χ3v) is 12.4. The third-order valence-electron chi connectivity index (χ3n) is 9.97. The van der Waals surface area contributed by atoms with Gasteiger partial charge in [-0.2, -0.15) is 0 Å². The van der Waals surface area contributed by atoms with Gasteiger partial charge in [-0.25, -0.2) is 0 Å². The first-order chi connectivity index (χ1) is 22.6. The quantitative estimate of drug-likeness (QED) is 0.169. The first-order valence-corrected chi connectivity index (χ1v) is 17.5. The standard InChI is InChI=1S/C44H28S2/c1-25-21-37-38(22-26(25)2)40-24-28(30-12-8-14-36-34-10-4-6-16-42(34)46-44(30)36)18-20-32(40)31-19-17-27(23-39(31)37)29-11-7-13-35-33-9-3-5-15-41(33)45-43(29)35/h3-24H,1-2H3. The predicted octanol–water partition coefficient (Wildman–Crippen LogP) is 13.8. The van der Waals surface area contributed by atoms with Crippen molar-refractivity contribution in [3.8, 4) is 22.3 Å². The fourth-order valence-corrected chi connectivity index (χ4v) is 10.0. The SMILES string of the molecule is Cc1cc2c3cc(-c4cccc5c4sc4ccccc45)ccc3c3ccc(-c4cccc5c4sc4ccccc45)cc3c2cc1C. The molecule has 2 heteroatoms. The highest BCUT2D eigenvalue weighted by Crippen LogP contribution is 2.45. The fraction of sp³-hybridized carbons (Fsp3) is 0.0455. The minimum atomic E-state index is 1.27. The molecule has 0 nitrogen and oxygen atoms in total. The lowest BCUT2D eigenvalue weighted by molar-refractivity contribution is 1.37. The zero-order valence-electron chi connectivity index (χ0n) is 25.5. The summed E-state index contributed by atoms with van der Waals surface area (Å²) in [5.41, 5.74) is 7.83. The van der Waals surface area contributed by atoms with Crippen LogP contribution in [0.2, 0.25) is 0 Å². The van der Waals surface area contributed by atoms with Gasteiger partial charge in [-0.05, 0) is 104 Å². The maximum Gasteiger partial charge on any atom is 0.0433 e. The zero-order valence-corrected chi connectivity index (χ0v) is 27.2. The molecule has 0 N–H and O–H groups in total. The summed E-state index contributed by atoms with van der Waals surface area (Å²) in [6.45, 7) is 4.48. The summed E-state index contributed by atoms with van der Waals surface area (Å²) in [5, 5.41) is 13.3. The second-order valence-corrected chi connectivity index (χ2v) is 14.7. The molecule has 46 heavy (non-hydrogen) atoms. The lowest BCUT2D eigenvalue weighted by Gasteiger charge is -2.15. The van der Waals surface area contributed by atoms with Crippen molar-refractivity contribution in [2.24, 2.45) is 0 Å². The van der Waals surface area contributed by atoms with Gasteiger partial charge in [-0.3, -0.25) is 0 Å². The van der Waals surface area contributed by atoms with Gasteiger partial charge in [-0.15, -0.1) is 22.7 Å². The van der Waals surface area contributed by atoms with E-state index in [-0.39, 0.29) is 0 Å². The van der Waals surface area contributed by atoms with E-state index in [1.54, 1.807) is 0 Å². The monoisotopic (exact) mass is 620 g/mol. The van der Waals surface area contributed by atoms with Gasteiger partial charge >= 0.3 is 0 Å². The molecule has 8 aromatic carbocycles. The maximum absolute atomic E-state index is 2.44. The van der Waals surface area contributed by atoms with Crippen molar-refractivity contribution in [1.82, 2.24) is 0 Å². The molecule has 0 unspecified atom stereocenters. The van der Waals surface area contributed by atoms with E-state index in [0.717, 1.165) is 0 Å². The Labute approximate surface area is 274 Å². The first-order valence-electron chi connectivity index (χ1n) is 15.8. The predicted molar refractivity (Wildman–Crippen MR) is 205 cm³/mol. The number of fused-ring (bicyclic) bond motifs is 12. The summed E-state index contributed by atoms with van der Waals surface area (Å²) in [4.78, 5) is 0. The smallest absolute Gasteiger partial charge is 0.0433 e. The summed E-state index contributed by atoms with van der Waals surface area (Å²) in [6, 6.07) is 50.2. The second kappa shape index (κ2) is 9.74. The second-order valence-electron chi connectivity index (χ2n) is 12.6. The van der Waals surface area contributed by atoms with Crippen LogP contribution in [0.15, 0.2) is 133 Å². The molecule has 0 saturated carbocycles. The molecule has 2 aromatic heterocycles. The molecular weight excluding hydrogens is 593 g/mol. The highest BCUT2D eigenvalue weighted by atomic mass is 32.1. The van der Waals surface area contributed by atoms with Gasteiger partial charge in [0.1, 0.15) is 0 Å². The number of thiophene rings is 2. The average molecular weight is 621 g/mol. The van der Waals surface area contributed by atoms with E-state index in [9.17, 15) is 0 Å². The van der Waals surface area contributed by atoms with Crippen molar-refractivity contribution in [3.63, 3.8) is 0 Å². The van der Waals surface area contributed by atoms with Gasteiger partial charge in [-0.1, -0.05) is 109 Å². The van der Waals surface area contributed by atoms with Gasteiger partial charge in [0.05, 0.1) is 0 Å². The molecule has 0 atom stereocenters. The normalized spacial score (nSPS) is 12.1. The van der Waals surface area contributed by atoms with Gasteiger partial charge in [0.15, 0.2) is 0 Å². The molecule has 0 spiro atoms. The molecule has 0 amide bonds. The number of hydrogen-bond acceptors (Lipinski definition) is 2. The molecular formula is C44H28S2. The molecule has 216 valence electrons. The zero-order chi connectivity index (χ0) is 30.5. The van der Waals surface area contributed by atoms with E-state index in [1.165, 1.54) is 106 Å². The van der Waals surface area contributed by atoms with Crippen molar-refractivity contribution in [2.45, 2.75) is 13.8 Å². The van der Waals surface area contributed by atoms with E-state index < -0.39 is 0 Å². The van der Waals surface area contributed by atoms with Crippen LogP contribution in [0.1, 0.15) is 11.1 Å². The summed E-state index contributed by atoms with van der Waals surface area (Å²) in [6.07, 6.45) is 0. The number of hydrogen-bond donors (Lipinski definition) is 0. The molecule has 0 aliphatic carbocycles. The first kappa shape index (κ1) is 26.2. The van der Waals surface area contributed by atoms with Gasteiger partial charge in [0.25, 0.3) is 0 Å². The summed E-state index contributed by atoms with van der Waals surface area (Å²) >= 11 is 3.80. The van der Waals surface area contributed by atoms with Crippen molar-refractivity contribution in [3.05, 3.63) is 145 Å². The van der Waals surface area contributed by atoms with Crippen molar-refractivity contribution >= 4 is 95.3 Å². The Bertz CT molecular complexity index is 2680. The minimum Gasteiger partial charge on any atom is -0.135 e. The van der Waals surface area contributed by atoms with Crippen LogP contribution in [0, 0.1) is 13.8 Å². The Hall–Kier alpha value is -5.02. The molecule has 10 rings (SSSR count). The highest BCUT2D eigenvalue weighted by Gasteiger charge is 2.16. The number of rotatable bonds is 2. The fourth-order valence-electron chi connectivity index (χ4n) is 7.55. The molecule has 0 radical (unpaired) electrons. The van der Waals surface area contributed by atoms with E-state index in [2.05, 4.69) is 147 Å². The maximum atomic E-state index is 2.44. The number of aryl methyl sites for hydroxylation is 2. The summed E-state index contributed by atoms with van der Waals surface area (Å²) in [5.74, 6) is 0. The third kappa shape index (κ3) is 3.72. The largest absolute Gasteiger partial charge is 0.135 e. The van der Waals surface area contributed by atoms with Crippen LogP contribution >= 0.6 is 22.7 Å². The minimum absolute atomic E-state index is 1.27. The van der Waals surface area contributed by atoms with Crippen LogP contribution < -0.4 is 0 Å². The van der Waals surface area contributed by atoms with Crippen LogP contribution in [0.25, 0.3) is 94.9 Å².